The van der Waals surface area contributed by atoms with Crippen LogP contribution in [0.15, 0.2) is 23.1 Å². The van der Waals surface area contributed by atoms with Gasteiger partial charge in [0.2, 0.25) is 0 Å². The van der Waals surface area contributed by atoms with Crippen LogP contribution in [0.5, 0.6) is 0 Å². The topological polar surface area (TPSA) is 38.0 Å². The molecule has 0 saturated heterocycles. The van der Waals surface area contributed by atoms with Gasteiger partial charge in [0.1, 0.15) is 0 Å². The molecule has 19 heavy (non-hydrogen) atoms. The number of nitrogens with two attached hydrogens (primary N) is 1. The van der Waals surface area contributed by atoms with Crippen molar-refractivity contribution in [2.45, 2.75) is 68.7 Å². The first kappa shape index (κ1) is 14.7. The molecule has 2 rings (SSSR count). The second-order valence-corrected chi connectivity index (χ2v) is 6.68. The van der Waals surface area contributed by atoms with Gasteiger partial charge in [-0.3, -0.25) is 5.32 Å². The van der Waals surface area contributed by atoms with Gasteiger partial charge in [0.05, 0.1) is 5.37 Å². The molecule has 0 aromatic heterocycles. The van der Waals surface area contributed by atoms with E-state index in [9.17, 15) is 0 Å². The van der Waals surface area contributed by atoms with Crippen LogP contribution in [0.2, 0.25) is 0 Å². The van der Waals surface area contributed by atoms with Gasteiger partial charge in [0.15, 0.2) is 0 Å². The maximum absolute atomic E-state index is 5.99. The molecule has 3 heteroatoms. The van der Waals surface area contributed by atoms with Crippen LogP contribution in [0.4, 0.5) is 5.69 Å². The predicted octanol–water partition coefficient (Wildman–Crippen LogP) is 4.50. The molecule has 2 nitrogen and oxygen atoms in total. The molecular weight excluding hydrogens is 252 g/mol. The zero-order valence-corrected chi connectivity index (χ0v) is 13.1. The van der Waals surface area contributed by atoms with Gasteiger partial charge in [-0.2, -0.15) is 0 Å². The van der Waals surface area contributed by atoms with Crippen LogP contribution in [-0.4, -0.2) is 5.37 Å². The molecule has 1 heterocycles. The van der Waals surface area contributed by atoms with E-state index in [1.54, 1.807) is 0 Å². The van der Waals surface area contributed by atoms with Crippen molar-refractivity contribution in [3.05, 3.63) is 23.8 Å². The summed E-state index contributed by atoms with van der Waals surface area (Å²) in [5.74, 6) is 0. The number of rotatable bonds is 5. The molecule has 1 aliphatic rings. The third-order valence-electron chi connectivity index (χ3n) is 4.25. The van der Waals surface area contributed by atoms with Crippen molar-refractivity contribution < 1.29 is 0 Å². The van der Waals surface area contributed by atoms with Gasteiger partial charge in [0.25, 0.3) is 0 Å². The van der Waals surface area contributed by atoms with Crippen LogP contribution in [-0.2, 0) is 5.54 Å². The number of nitrogens with one attached hydrogen (secondary N) is 1. The van der Waals surface area contributed by atoms with Gasteiger partial charge in [-0.25, -0.2) is 0 Å². The molecule has 1 aliphatic heterocycles. The Balaban J connectivity index is 2.34. The number of hydrogen-bond acceptors (Lipinski definition) is 3. The number of nitrogen functional groups attached to an aromatic ring is 1. The molecule has 3 N–H and O–H groups in total. The van der Waals surface area contributed by atoms with Gasteiger partial charge in [0, 0.05) is 16.1 Å². The van der Waals surface area contributed by atoms with Crippen molar-refractivity contribution in [1.29, 1.82) is 0 Å². The monoisotopic (exact) mass is 278 g/mol. The van der Waals surface area contributed by atoms with E-state index in [2.05, 4.69) is 38.2 Å². The van der Waals surface area contributed by atoms with E-state index in [1.165, 1.54) is 29.7 Å². The zero-order chi connectivity index (χ0) is 13.9. The number of thioether (sulfide) groups is 1. The fourth-order valence-corrected chi connectivity index (χ4v) is 4.35. The summed E-state index contributed by atoms with van der Waals surface area (Å²) >= 11 is 1.97. The average Bonchev–Trinajstić information content (AvgIpc) is 2.44. The maximum Gasteiger partial charge on any atom is 0.0586 e. The van der Waals surface area contributed by atoms with Crippen molar-refractivity contribution in [1.82, 2.24) is 5.32 Å². The van der Waals surface area contributed by atoms with Crippen LogP contribution in [0, 0.1) is 0 Å². The molecule has 1 unspecified atom stereocenters. The minimum absolute atomic E-state index is 0.106. The van der Waals surface area contributed by atoms with E-state index in [-0.39, 0.29) is 5.54 Å². The Morgan fingerprint density at radius 2 is 2.00 bits per heavy atom. The minimum Gasteiger partial charge on any atom is -0.399 e. The van der Waals surface area contributed by atoms with E-state index >= 15 is 0 Å². The lowest BCUT2D eigenvalue weighted by atomic mass is 9.84. The minimum atomic E-state index is 0.106. The van der Waals surface area contributed by atoms with Crippen LogP contribution in [0.25, 0.3) is 0 Å². The summed E-state index contributed by atoms with van der Waals surface area (Å²) in [6.07, 6.45) is 6.02. The van der Waals surface area contributed by atoms with Crippen molar-refractivity contribution in [2.24, 2.45) is 0 Å². The van der Waals surface area contributed by atoms with Crippen molar-refractivity contribution in [3.8, 4) is 0 Å². The highest BCUT2D eigenvalue weighted by Crippen LogP contribution is 2.44. The second-order valence-electron chi connectivity index (χ2n) is 5.44. The van der Waals surface area contributed by atoms with Crippen LogP contribution < -0.4 is 11.1 Å². The molecule has 0 saturated carbocycles. The third-order valence-corrected chi connectivity index (χ3v) is 5.50. The first-order chi connectivity index (χ1) is 9.15. The van der Waals surface area contributed by atoms with Crippen molar-refractivity contribution >= 4 is 17.4 Å². The van der Waals surface area contributed by atoms with Gasteiger partial charge in [-0.15, -0.1) is 11.8 Å². The van der Waals surface area contributed by atoms with Crippen molar-refractivity contribution in [3.63, 3.8) is 0 Å². The molecule has 0 bridgehead atoms. The maximum atomic E-state index is 5.99. The number of benzene rings is 1. The molecule has 1 aromatic carbocycles. The third kappa shape index (κ3) is 2.92. The summed E-state index contributed by atoms with van der Waals surface area (Å²) in [7, 11) is 0. The Bertz CT molecular complexity index is 427. The van der Waals surface area contributed by atoms with Gasteiger partial charge < -0.3 is 5.73 Å². The predicted molar refractivity (Wildman–Crippen MR) is 85.4 cm³/mol. The van der Waals surface area contributed by atoms with Gasteiger partial charge in [-0.05, 0) is 43.0 Å². The molecule has 0 amide bonds. The second kappa shape index (κ2) is 6.19. The number of fused-ring (bicyclic) bond motifs is 1. The number of hydrogen-bond donors (Lipinski definition) is 2. The average molecular weight is 278 g/mol. The highest BCUT2D eigenvalue weighted by Gasteiger charge is 2.37. The Morgan fingerprint density at radius 1 is 1.26 bits per heavy atom. The summed E-state index contributed by atoms with van der Waals surface area (Å²) in [5.41, 5.74) is 8.37. The molecule has 0 aliphatic carbocycles. The highest BCUT2D eigenvalue weighted by molar-refractivity contribution is 8.00. The van der Waals surface area contributed by atoms with Gasteiger partial charge in [-0.1, -0.05) is 33.6 Å². The SMILES string of the molecule is CCCCC1NC(CC)(CC)c2cc(N)ccc2S1. The molecule has 0 radical (unpaired) electrons. The van der Waals surface area contributed by atoms with E-state index < -0.39 is 0 Å². The summed E-state index contributed by atoms with van der Waals surface area (Å²) < 4.78 is 0. The fourth-order valence-electron chi connectivity index (χ4n) is 2.95. The first-order valence-corrected chi connectivity index (χ1v) is 8.37. The first-order valence-electron chi connectivity index (χ1n) is 7.49. The summed E-state index contributed by atoms with van der Waals surface area (Å²) in [4.78, 5) is 1.41. The Hall–Kier alpha value is -0.670. The summed E-state index contributed by atoms with van der Waals surface area (Å²) in [6.45, 7) is 6.81. The lowest BCUT2D eigenvalue weighted by Gasteiger charge is -2.43. The molecule has 0 fully saturated rings. The quantitative estimate of drug-likeness (QED) is 0.779. The molecule has 1 aromatic rings. The normalized spacial score (nSPS) is 21.1. The van der Waals surface area contributed by atoms with E-state index in [0.29, 0.717) is 5.37 Å². The smallest absolute Gasteiger partial charge is 0.0586 e. The van der Waals surface area contributed by atoms with Crippen LogP contribution >= 0.6 is 11.8 Å². The van der Waals surface area contributed by atoms with Crippen molar-refractivity contribution in [2.75, 3.05) is 5.73 Å². The Kier molecular flexibility index (Phi) is 4.80. The lowest BCUT2D eigenvalue weighted by Crippen LogP contribution is -2.49. The fraction of sp³-hybridized carbons (Fsp3) is 0.625. The van der Waals surface area contributed by atoms with E-state index in [1.807, 2.05) is 17.8 Å². The molecule has 0 spiro atoms. The number of anilines is 1. The van der Waals surface area contributed by atoms with Crippen LogP contribution in [0.1, 0.15) is 58.4 Å². The zero-order valence-electron chi connectivity index (χ0n) is 12.3. The highest BCUT2D eigenvalue weighted by atomic mass is 32.2. The van der Waals surface area contributed by atoms with Gasteiger partial charge >= 0.3 is 0 Å². The van der Waals surface area contributed by atoms with E-state index in [0.717, 1.165) is 18.5 Å². The summed E-state index contributed by atoms with van der Waals surface area (Å²) in [6, 6.07) is 6.40. The lowest BCUT2D eigenvalue weighted by molar-refractivity contribution is 0.283. The van der Waals surface area contributed by atoms with Crippen LogP contribution in [0.3, 0.4) is 0 Å². The molecule has 106 valence electrons. The Morgan fingerprint density at radius 3 is 2.63 bits per heavy atom. The molecular formula is C16H26N2S. The van der Waals surface area contributed by atoms with E-state index in [4.69, 9.17) is 5.73 Å². The Labute approximate surface area is 121 Å². The molecule has 1 atom stereocenters. The largest absolute Gasteiger partial charge is 0.399 e. The summed E-state index contributed by atoms with van der Waals surface area (Å²) in [5, 5.41) is 4.43. The standard InChI is InChI=1S/C16H26N2S/c1-4-7-8-15-18-16(5-2,6-3)13-11-12(17)9-10-14(13)19-15/h9-11,15,18H,4-8,17H2,1-3H3. The number of unbranched alkanes of at least 4 members (excludes halogenated alkanes) is 1.